The molecule has 0 radical (unpaired) electrons. The van der Waals surface area contributed by atoms with Gasteiger partial charge in [0.25, 0.3) is 0 Å². The first-order valence-electron chi connectivity index (χ1n) is 7.21. The van der Waals surface area contributed by atoms with Gasteiger partial charge in [0.2, 0.25) is 0 Å². The van der Waals surface area contributed by atoms with Crippen molar-refractivity contribution in [2.75, 3.05) is 13.2 Å². The highest BCUT2D eigenvalue weighted by molar-refractivity contribution is 5.20. The van der Waals surface area contributed by atoms with Gasteiger partial charge in [-0.1, -0.05) is 50.6 Å². The molecule has 3 atom stereocenters. The highest BCUT2D eigenvalue weighted by atomic mass is 16.5. The molecule has 1 aliphatic rings. The fraction of sp³-hybridized carbons (Fsp3) is 0.625. The average Bonchev–Trinajstić information content (AvgIpc) is 2.86. The van der Waals surface area contributed by atoms with Crippen LogP contribution >= 0.6 is 0 Å². The summed E-state index contributed by atoms with van der Waals surface area (Å²) in [5.41, 5.74) is 1.30. The molecule has 0 saturated carbocycles. The monoisotopic (exact) mass is 247 g/mol. The van der Waals surface area contributed by atoms with Crippen molar-refractivity contribution in [1.29, 1.82) is 0 Å². The zero-order valence-electron chi connectivity index (χ0n) is 11.6. The van der Waals surface area contributed by atoms with Gasteiger partial charge in [-0.05, 0) is 30.9 Å². The second kappa shape index (κ2) is 6.91. The van der Waals surface area contributed by atoms with E-state index in [4.69, 9.17) is 4.74 Å². The van der Waals surface area contributed by atoms with Gasteiger partial charge < -0.3 is 10.1 Å². The molecule has 1 aliphatic heterocycles. The van der Waals surface area contributed by atoms with E-state index in [9.17, 15) is 0 Å². The standard InChI is InChI=1S/C16H25NO/c1-3-7-13(2)12-17-15-10-11-18-16(15)14-8-5-4-6-9-14/h4-6,8-9,13,15-17H,3,7,10-12H2,1-2H3/t13-,15+,16-/m0/s1. The number of benzene rings is 1. The third-order valence-electron chi connectivity index (χ3n) is 3.73. The Hall–Kier alpha value is -0.860. The molecule has 0 unspecified atom stereocenters. The molecular weight excluding hydrogens is 222 g/mol. The lowest BCUT2D eigenvalue weighted by Crippen LogP contribution is -2.34. The molecule has 2 heteroatoms. The Labute approximate surface area is 111 Å². The van der Waals surface area contributed by atoms with E-state index in [0.29, 0.717) is 6.04 Å². The molecule has 2 rings (SSSR count). The number of ether oxygens (including phenoxy) is 1. The van der Waals surface area contributed by atoms with Crippen LogP contribution in [0.15, 0.2) is 30.3 Å². The lowest BCUT2D eigenvalue weighted by atomic mass is 10.0. The van der Waals surface area contributed by atoms with Gasteiger partial charge in [0.05, 0.1) is 6.10 Å². The summed E-state index contributed by atoms with van der Waals surface area (Å²) < 4.78 is 5.88. The Bertz CT molecular complexity index is 338. The summed E-state index contributed by atoms with van der Waals surface area (Å²) in [6.07, 6.45) is 3.93. The summed E-state index contributed by atoms with van der Waals surface area (Å²) in [4.78, 5) is 0. The van der Waals surface area contributed by atoms with E-state index in [1.54, 1.807) is 0 Å². The van der Waals surface area contributed by atoms with Crippen molar-refractivity contribution in [3.8, 4) is 0 Å². The number of hydrogen-bond donors (Lipinski definition) is 1. The van der Waals surface area contributed by atoms with Crippen LogP contribution in [0.5, 0.6) is 0 Å². The summed E-state index contributed by atoms with van der Waals surface area (Å²) in [6.45, 7) is 6.55. The minimum absolute atomic E-state index is 0.236. The molecule has 1 heterocycles. The van der Waals surface area contributed by atoms with Crippen molar-refractivity contribution in [2.24, 2.45) is 5.92 Å². The second-order valence-corrected chi connectivity index (χ2v) is 5.40. The van der Waals surface area contributed by atoms with Crippen LogP contribution in [-0.4, -0.2) is 19.2 Å². The van der Waals surface area contributed by atoms with Crippen molar-refractivity contribution in [2.45, 2.75) is 45.3 Å². The molecule has 0 amide bonds. The predicted octanol–water partition coefficient (Wildman–Crippen LogP) is 3.54. The van der Waals surface area contributed by atoms with Gasteiger partial charge in [-0.2, -0.15) is 0 Å². The quantitative estimate of drug-likeness (QED) is 0.830. The third-order valence-corrected chi connectivity index (χ3v) is 3.73. The third kappa shape index (κ3) is 3.56. The maximum absolute atomic E-state index is 5.88. The van der Waals surface area contributed by atoms with Crippen LogP contribution < -0.4 is 5.32 Å². The number of rotatable bonds is 6. The predicted molar refractivity (Wildman–Crippen MR) is 75.6 cm³/mol. The first-order valence-corrected chi connectivity index (χ1v) is 7.21. The van der Waals surface area contributed by atoms with Crippen LogP contribution in [0, 0.1) is 5.92 Å². The van der Waals surface area contributed by atoms with E-state index >= 15 is 0 Å². The second-order valence-electron chi connectivity index (χ2n) is 5.40. The Balaban J connectivity index is 1.88. The van der Waals surface area contributed by atoms with Crippen molar-refractivity contribution < 1.29 is 4.74 Å². The lowest BCUT2D eigenvalue weighted by molar-refractivity contribution is 0.0980. The Kier molecular flexibility index (Phi) is 5.21. The maximum atomic E-state index is 5.88. The van der Waals surface area contributed by atoms with Gasteiger partial charge in [0, 0.05) is 12.6 Å². The van der Waals surface area contributed by atoms with E-state index in [0.717, 1.165) is 25.5 Å². The minimum Gasteiger partial charge on any atom is -0.372 e. The normalized spacial score (nSPS) is 25.2. The number of hydrogen-bond acceptors (Lipinski definition) is 2. The van der Waals surface area contributed by atoms with E-state index < -0.39 is 0 Å². The van der Waals surface area contributed by atoms with Crippen LogP contribution in [0.2, 0.25) is 0 Å². The molecule has 1 fully saturated rings. The molecule has 2 nitrogen and oxygen atoms in total. The molecule has 1 saturated heterocycles. The van der Waals surface area contributed by atoms with Gasteiger partial charge in [-0.15, -0.1) is 0 Å². The van der Waals surface area contributed by atoms with E-state index in [1.807, 2.05) is 0 Å². The topological polar surface area (TPSA) is 21.3 Å². The fourth-order valence-corrected chi connectivity index (χ4v) is 2.72. The molecule has 1 aromatic carbocycles. The molecule has 0 bridgehead atoms. The smallest absolute Gasteiger partial charge is 0.0978 e. The van der Waals surface area contributed by atoms with Crippen LogP contribution in [-0.2, 0) is 4.74 Å². The van der Waals surface area contributed by atoms with E-state index in [-0.39, 0.29) is 6.10 Å². The zero-order chi connectivity index (χ0) is 12.8. The lowest BCUT2D eigenvalue weighted by Gasteiger charge is -2.22. The molecular formula is C16H25NO. The van der Waals surface area contributed by atoms with Crippen molar-refractivity contribution in [3.05, 3.63) is 35.9 Å². The number of nitrogens with one attached hydrogen (secondary N) is 1. The summed E-state index contributed by atoms with van der Waals surface area (Å²) >= 11 is 0. The largest absolute Gasteiger partial charge is 0.372 e. The molecule has 18 heavy (non-hydrogen) atoms. The zero-order valence-corrected chi connectivity index (χ0v) is 11.6. The van der Waals surface area contributed by atoms with Crippen molar-refractivity contribution >= 4 is 0 Å². The Morgan fingerprint density at radius 1 is 1.33 bits per heavy atom. The SMILES string of the molecule is CCC[C@H](C)CN[C@@H]1CCO[C@H]1c1ccccc1. The van der Waals surface area contributed by atoms with Gasteiger partial charge in [0.1, 0.15) is 0 Å². The van der Waals surface area contributed by atoms with Crippen LogP contribution in [0.4, 0.5) is 0 Å². The van der Waals surface area contributed by atoms with Gasteiger partial charge in [-0.3, -0.25) is 0 Å². The highest BCUT2D eigenvalue weighted by Gasteiger charge is 2.29. The molecule has 0 aromatic heterocycles. The summed E-state index contributed by atoms with van der Waals surface area (Å²) in [5.74, 6) is 0.757. The van der Waals surface area contributed by atoms with Crippen LogP contribution in [0.1, 0.15) is 44.8 Å². The van der Waals surface area contributed by atoms with Crippen LogP contribution in [0.3, 0.4) is 0 Å². The molecule has 100 valence electrons. The fourth-order valence-electron chi connectivity index (χ4n) is 2.72. The van der Waals surface area contributed by atoms with Crippen molar-refractivity contribution in [3.63, 3.8) is 0 Å². The van der Waals surface area contributed by atoms with E-state index in [2.05, 4.69) is 49.5 Å². The Morgan fingerprint density at radius 2 is 2.11 bits per heavy atom. The maximum Gasteiger partial charge on any atom is 0.0978 e. The summed E-state index contributed by atoms with van der Waals surface area (Å²) in [6, 6.07) is 11.1. The molecule has 0 spiro atoms. The van der Waals surface area contributed by atoms with Crippen LogP contribution in [0.25, 0.3) is 0 Å². The molecule has 1 N–H and O–H groups in total. The molecule has 1 aromatic rings. The van der Waals surface area contributed by atoms with Gasteiger partial charge >= 0.3 is 0 Å². The van der Waals surface area contributed by atoms with Gasteiger partial charge in [0.15, 0.2) is 0 Å². The summed E-state index contributed by atoms with van der Waals surface area (Å²) in [7, 11) is 0. The van der Waals surface area contributed by atoms with E-state index in [1.165, 1.54) is 18.4 Å². The first kappa shape index (κ1) is 13.6. The Morgan fingerprint density at radius 3 is 2.83 bits per heavy atom. The first-order chi connectivity index (χ1) is 8.81. The average molecular weight is 247 g/mol. The van der Waals surface area contributed by atoms with Crippen molar-refractivity contribution in [1.82, 2.24) is 5.32 Å². The highest BCUT2D eigenvalue weighted by Crippen LogP contribution is 2.29. The molecule has 0 aliphatic carbocycles. The summed E-state index contributed by atoms with van der Waals surface area (Å²) in [5, 5.41) is 3.69. The van der Waals surface area contributed by atoms with Gasteiger partial charge in [-0.25, -0.2) is 0 Å². The minimum atomic E-state index is 0.236.